The van der Waals surface area contributed by atoms with Gasteiger partial charge in [0.1, 0.15) is 11.9 Å². The molecule has 1 aromatic heterocycles. The van der Waals surface area contributed by atoms with E-state index in [2.05, 4.69) is 9.97 Å². The molecule has 0 amide bonds. The van der Waals surface area contributed by atoms with E-state index in [0.29, 0.717) is 14.8 Å². The molecule has 0 bridgehead atoms. The molecule has 2 rings (SSSR count). The summed E-state index contributed by atoms with van der Waals surface area (Å²) in [6.07, 6.45) is 3.66. The van der Waals surface area contributed by atoms with E-state index < -0.39 is 6.10 Å². The first-order chi connectivity index (χ1) is 7.68. The topological polar surface area (TPSA) is 46.0 Å². The van der Waals surface area contributed by atoms with Crippen LogP contribution in [0.3, 0.4) is 0 Å². The van der Waals surface area contributed by atoms with Crippen LogP contribution in [0, 0.1) is 9.39 Å². The van der Waals surface area contributed by atoms with Crippen molar-refractivity contribution in [1.29, 1.82) is 0 Å². The Balaban J connectivity index is 2.38. The van der Waals surface area contributed by atoms with Gasteiger partial charge in [-0.05, 0) is 34.7 Å². The minimum absolute atomic E-state index is 0.320. The largest absolute Gasteiger partial charge is 0.382 e. The molecule has 0 aliphatic heterocycles. The molecule has 2 aromatic rings. The molecule has 0 saturated carbocycles. The zero-order valence-electron chi connectivity index (χ0n) is 8.14. The average Bonchev–Trinajstić information content (AvgIpc) is 2.29. The fraction of sp³-hybridized carbons (Fsp3) is 0.0909. The van der Waals surface area contributed by atoms with Gasteiger partial charge in [0.2, 0.25) is 0 Å². The highest BCUT2D eigenvalue weighted by Gasteiger charge is 2.15. The summed E-state index contributed by atoms with van der Waals surface area (Å²) in [7, 11) is 0. The molecule has 0 aliphatic carbocycles. The quantitative estimate of drug-likeness (QED) is 0.860. The molecule has 0 aliphatic rings. The molecule has 1 N–H and O–H groups in total. The van der Waals surface area contributed by atoms with Gasteiger partial charge >= 0.3 is 0 Å². The number of aromatic nitrogens is 2. The fourth-order valence-electron chi connectivity index (χ4n) is 1.33. The Kier molecular flexibility index (Phi) is 3.45. The lowest BCUT2D eigenvalue weighted by Gasteiger charge is -2.11. The highest BCUT2D eigenvalue weighted by Crippen LogP contribution is 2.24. The summed E-state index contributed by atoms with van der Waals surface area (Å²) in [6, 6.07) is 4.24. The first-order valence-electron chi connectivity index (χ1n) is 4.57. The third-order valence-corrected chi connectivity index (χ3v) is 3.05. The van der Waals surface area contributed by atoms with E-state index in [1.807, 2.05) is 22.6 Å². The maximum absolute atomic E-state index is 12.9. The van der Waals surface area contributed by atoms with Gasteiger partial charge in [-0.15, -0.1) is 0 Å². The van der Waals surface area contributed by atoms with E-state index in [-0.39, 0.29) is 5.82 Å². The molecule has 0 spiro atoms. The molecule has 0 saturated heterocycles. The predicted octanol–water partition coefficient (Wildman–Crippen LogP) is 2.30. The van der Waals surface area contributed by atoms with Gasteiger partial charge < -0.3 is 5.11 Å². The second-order valence-corrected chi connectivity index (χ2v) is 4.36. The molecule has 3 nitrogen and oxygen atoms in total. The summed E-state index contributed by atoms with van der Waals surface area (Å²) in [5.41, 5.74) is 1.08. The minimum Gasteiger partial charge on any atom is -0.382 e. The standard InChI is InChI=1S/C11H8FIN2O/c12-7-1-2-8(9(13)5-7)11(16)10-6-14-3-4-15-10/h1-6,11,16H. The first kappa shape index (κ1) is 11.4. The van der Waals surface area contributed by atoms with Crippen molar-refractivity contribution in [2.75, 3.05) is 0 Å². The molecular weight excluding hydrogens is 322 g/mol. The summed E-state index contributed by atoms with van der Waals surface area (Å²) in [5.74, 6) is -0.320. The lowest BCUT2D eigenvalue weighted by Crippen LogP contribution is -2.04. The van der Waals surface area contributed by atoms with Crippen molar-refractivity contribution in [3.8, 4) is 0 Å². The molecule has 1 unspecified atom stereocenters. The number of hydrogen-bond acceptors (Lipinski definition) is 3. The van der Waals surface area contributed by atoms with E-state index in [4.69, 9.17) is 0 Å². The van der Waals surface area contributed by atoms with Crippen LogP contribution < -0.4 is 0 Å². The molecule has 1 heterocycles. The highest BCUT2D eigenvalue weighted by atomic mass is 127. The number of nitrogens with zero attached hydrogens (tertiary/aromatic N) is 2. The first-order valence-corrected chi connectivity index (χ1v) is 5.65. The number of hydrogen-bond donors (Lipinski definition) is 1. The van der Waals surface area contributed by atoms with Crippen LogP contribution in [-0.4, -0.2) is 15.1 Å². The van der Waals surface area contributed by atoms with Gasteiger partial charge in [0.25, 0.3) is 0 Å². The van der Waals surface area contributed by atoms with Crippen molar-refractivity contribution in [1.82, 2.24) is 9.97 Å². The number of aliphatic hydroxyl groups excluding tert-OH is 1. The van der Waals surface area contributed by atoms with Crippen molar-refractivity contribution in [3.05, 3.63) is 57.4 Å². The fourth-order valence-corrected chi connectivity index (χ4v) is 2.11. The molecular formula is C11H8FIN2O. The van der Waals surface area contributed by atoms with E-state index in [1.165, 1.54) is 30.7 Å². The summed E-state index contributed by atoms with van der Waals surface area (Å²) >= 11 is 1.98. The lowest BCUT2D eigenvalue weighted by molar-refractivity contribution is 0.214. The van der Waals surface area contributed by atoms with Gasteiger partial charge in [-0.25, -0.2) is 4.39 Å². The molecule has 5 heteroatoms. The van der Waals surface area contributed by atoms with Gasteiger partial charge in [0.05, 0.1) is 11.9 Å². The number of rotatable bonds is 2. The minimum atomic E-state index is -0.874. The Bertz CT molecular complexity index is 493. The Labute approximate surface area is 106 Å². The summed E-state index contributed by atoms with van der Waals surface area (Å²) < 4.78 is 13.6. The van der Waals surface area contributed by atoms with Gasteiger partial charge in [-0.1, -0.05) is 6.07 Å². The molecule has 1 atom stereocenters. The van der Waals surface area contributed by atoms with Crippen molar-refractivity contribution in [2.24, 2.45) is 0 Å². The normalized spacial score (nSPS) is 12.4. The van der Waals surface area contributed by atoms with Crippen LogP contribution in [-0.2, 0) is 0 Å². The predicted molar refractivity (Wildman–Crippen MR) is 65.2 cm³/mol. The highest BCUT2D eigenvalue weighted by molar-refractivity contribution is 14.1. The SMILES string of the molecule is OC(c1cnccn1)c1ccc(F)cc1I. The number of aliphatic hydroxyl groups is 1. The van der Waals surface area contributed by atoms with Gasteiger partial charge in [0, 0.05) is 21.5 Å². The van der Waals surface area contributed by atoms with Crippen LogP contribution in [0.1, 0.15) is 17.4 Å². The van der Waals surface area contributed by atoms with Gasteiger partial charge in [-0.3, -0.25) is 9.97 Å². The summed E-state index contributed by atoms with van der Waals surface area (Å²) in [6.45, 7) is 0. The molecule has 0 fully saturated rings. The average molecular weight is 330 g/mol. The maximum Gasteiger partial charge on any atom is 0.124 e. The Morgan fingerprint density at radius 2 is 2.12 bits per heavy atom. The van der Waals surface area contributed by atoms with Gasteiger partial charge in [0.15, 0.2) is 0 Å². The number of benzene rings is 1. The number of halogens is 2. The molecule has 16 heavy (non-hydrogen) atoms. The second-order valence-electron chi connectivity index (χ2n) is 3.20. The van der Waals surface area contributed by atoms with Crippen molar-refractivity contribution in [3.63, 3.8) is 0 Å². The van der Waals surface area contributed by atoms with Crippen molar-refractivity contribution >= 4 is 22.6 Å². The lowest BCUT2D eigenvalue weighted by atomic mass is 10.1. The van der Waals surface area contributed by atoms with E-state index in [9.17, 15) is 9.50 Å². The van der Waals surface area contributed by atoms with E-state index >= 15 is 0 Å². The molecule has 82 valence electrons. The summed E-state index contributed by atoms with van der Waals surface area (Å²) in [4.78, 5) is 7.89. The Morgan fingerprint density at radius 1 is 1.31 bits per heavy atom. The van der Waals surface area contributed by atoms with Crippen LogP contribution in [0.4, 0.5) is 4.39 Å². The van der Waals surface area contributed by atoms with E-state index in [0.717, 1.165) is 0 Å². The third kappa shape index (κ3) is 2.35. The molecule has 1 aromatic carbocycles. The zero-order valence-corrected chi connectivity index (χ0v) is 10.3. The zero-order chi connectivity index (χ0) is 11.5. The van der Waals surface area contributed by atoms with Crippen molar-refractivity contribution in [2.45, 2.75) is 6.10 Å². The smallest absolute Gasteiger partial charge is 0.124 e. The van der Waals surface area contributed by atoms with Gasteiger partial charge in [-0.2, -0.15) is 0 Å². The monoisotopic (exact) mass is 330 g/mol. The van der Waals surface area contributed by atoms with Crippen LogP contribution in [0.25, 0.3) is 0 Å². The molecule has 0 radical (unpaired) electrons. The van der Waals surface area contributed by atoms with Crippen LogP contribution in [0.15, 0.2) is 36.8 Å². The second kappa shape index (κ2) is 4.84. The third-order valence-electron chi connectivity index (χ3n) is 2.12. The Morgan fingerprint density at radius 3 is 2.75 bits per heavy atom. The Hall–Kier alpha value is -1.08. The van der Waals surface area contributed by atoms with Crippen LogP contribution in [0.5, 0.6) is 0 Å². The summed E-state index contributed by atoms with van der Waals surface area (Å²) in [5, 5.41) is 10.0. The van der Waals surface area contributed by atoms with E-state index in [1.54, 1.807) is 6.07 Å². The van der Waals surface area contributed by atoms with Crippen LogP contribution >= 0.6 is 22.6 Å². The maximum atomic E-state index is 12.9. The van der Waals surface area contributed by atoms with Crippen molar-refractivity contribution < 1.29 is 9.50 Å². The van der Waals surface area contributed by atoms with Crippen LogP contribution in [0.2, 0.25) is 0 Å².